The highest BCUT2D eigenvalue weighted by Gasteiger charge is 2.67. The van der Waals surface area contributed by atoms with E-state index >= 15 is 0 Å². The van der Waals surface area contributed by atoms with Crippen LogP contribution < -0.4 is 10.2 Å². The van der Waals surface area contributed by atoms with Gasteiger partial charge in [-0.15, -0.1) is 10.2 Å². The molecule has 47 heavy (non-hydrogen) atoms. The minimum absolute atomic E-state index is 0.0432. The molecule has 2 fully saturated rings. The van der Waals surface area contributed by atoms with Gasteiger partial charge in [-0.3, -0.25) is 0 Å². The average Bonchev–Trinajstić information content (AvgIpc) is 3.80. The van der Waals surface area contributed by atoms with Crippen LogP contribution in [0.5, 0.6) is 0 Å². The van der Waals surface area contributed by atoms with E-state index in [-0.39, 0.29) is 82.1 Å². The number of carbonyl (C=O) groups is 2. The Morgan fingerprint density at radius 2 is 1.85 bits per heavy atom. The number of carbonyl (C=O) groups excluding carboxylic acids is 2. The monoisotopic (exact) mass is 661 g/mol. The molecule has 0 radical (unpaired) electrons. The van der Waals surface area contributed by atoms with Crippen LogP contribution in [0, 0.1) is 11.6 Å². The summed E-state index contributed by atoms with van der Waals surface area (Å²) >= 11 is 0. The summed E-state index contributed by atoms with van der Waals surface area (Å²) in [7, 11) is 1.45. The van der Waals surface area contributed by atoms with Crippen molar-refractivity contribution in [2.45, 2.75) is 74.2 Å². The molecule has 3 aromatic rings. The number of nitrogens with zero attached hydrogens (tertiary/aromatic N) is 6. The van der Waals surface area contributed by atoms with E-state index in [1.165, 1.54) is 28.7 Å². The number of likely N-dealkylation sites (tertiary alicyclic amines) is 1. The number of nitrogens with one attached hydrogen (secondary N) is 1. The summed E-state index contributed by atoms with van der Waals surface area (Å²) in [6.07, 6.45) is -2.93. The van der Waals surface area contributed by atoms with Gasteiger partial charge in [-0.2, -0.15) is 13.2 Å². The number of anilines is 1. The number of hydrogen-bond donors (Lipinski definition) is 1. The third kappa shape index (κ3) is 5.16. The molecule has 2 atom stereocenters. The summed E-state index contributed by atoms with van der Waals surface area (Å²) in [6.45, 7) is 0.263. The Hall–Kier alpha value is -4.34. The highest BCUT2D eigenvalue weighted by atomic mass is 19.4. The van der Waals surface area contributed by atoms with E-state index in [1.54, 1.807) is 17.2 Å². The van der Waals surface area contributed by atoms with Gasteiger partial charge in [0, 0.05) is 57.3 Å². The Morgan fingerprint density at radius 3 is 2.55 bits per heavy atom. The lowest BCUT2D eigenvalue weighted by molar-refractivity contribution is -0.163. The fourth-order valence-electron chi connectivity index (χ4n) is 7.16. The fraction of sp³-hybridized carbons (Fsp3) is 0.516. The number of amides is 3. The number of hydrogen-bond acceptors (Lipinski definition) is 7. The zero-order valence-corrected chi connectivity index (χ0v) is 25.4. The van der Waals surface area contributed by atoms with Crippen LogP contribution in [0.3, 0.4) is 0 Å². The third-order valence-corrected chi connectivity index (χ3v) is 9.89. The molecule has 3 amide bonds. The Balaban J connectivity index is 1.13. The minimum Gasteiger partial charge on any atom is -0.437 e. The molecule has 1 saturated carbocycles. The second-order valence-corrected chi connectivity index (χ2v) is 12.6. The molecular formula is C31H32F5N7O4. The van der Waals surface area contributed by atoms with Crippen LogP contribution in [-0.2, 0) is 27.0 Å². The van der Waals surface area contributed by atoms with Gasteiger partial charge in [0.1, 0.15) is 29.4 Å². The van der Waals surface area contributed by atoms with Gasteiger partial charge in [-0.25, -0.2) is 28.3 Å². The summed E-state index contributed by atoms with van der Waals surface area (Å²) in [5.74, 6) is -2.51. The summed E-state index contributed by atoms with van der Waals surface area (Å²) in [5, 5.41) is 11.0. The predicted molar refractivity (Wildman–Crippen MR) is 154 cm³/mol. The molecule has 0 unspecified atom stereocenters. The molecule has 1 saturated heterocycles. The van der Waals surface area contributed by atoms with Gasteiger partial charge in [0.2, 0.25) is 0 Å². The zero-order valence-electron chi connectivity index (χ0n) is 25.4. The Bertz CT molecular complexity index is 1700. The summed E-state index contributed by atoms with van der Waals surface area (Å²) in [5.41, 5.74) is -2.43. The van der Waals surface area contributed by atoms with Crippen LogP contribution in [0.25, 0.3) is 0 Å². The van der Waals surface area contributed by atoms with Gasteiger partial charge in [0.25, 0.3) is 0 Å². The normalized spacial score (nSPS) is 23.1. The smallest absolute Gasteiger partial charge is 0.418 e. The topological polar surface area (TPSA) is 115 Å². The van der Waals surface area contributed by atoms with Crippen LogP contribution in [0.1, 0.15) is 73.3 Å². The first-order valence-electron chi connectivity index (χ1n) is 15.4. The van der Waals surface area contributed by atoms with Crippen molar-refractivity contribution in [3.63, 3.8) is 0 Å². The molecule has 3 aliphatic heterocycles. The van der Waals surface area contributed by atoms with E-state index in [0.717, 1.165) is 6.07 Å². The Labute approximate surface area is 266 Å². The number of piperidine rings is 1. The van der Waals surface area contributed by atoms with Crippen LogP contribution in [0.4, 0.5) is 37.4 Å². The summed E-state index contributed by atoms with van der Waals surface area (Å²) < 4.78 is 84.2. The van der Waals surface area contributed by atoms with Crippen LogP contribution in [-0.4, -0.2) is 69.9 Å². The molecule has 7 rings (SSSR count). The number of fused-ring (bicyclic) bond motifs is 3. The van der Waals surface area contributed by atoms with Crippen molar-refractivity contribution < 1.29 is 41.0 Å². The van der Waals surface area contributed by atoms with E-state index in [2.05, 4.69) is 20.5 Å². The molecule has 1 N–H and O–H groups in total. The molecule has 11 nitrogen and oxygen atoms in total. The number of aromatic nitrogens is 4. The average molecular weight is 662 g/mol. The van der Waals surface area contributed by atoms with Crippen molar-refractivity contribution in [1.29, 1.82) is 0 Å². The second-order valence-electron chi connectivity index (χ2n) is 12.6. The van der Waals surface area contributed by atoms with E-state index in [4.69, 9.17) is 9.47 Å². The number of pyridine rings is 1. The fourth-order valence-corrected chi connectivity index (χ4v) is 7.16. The number of alkyl halides is 3. The number of rotatable bonds is 5. The highest BCUT2D eigenvalue weighted by Crippen LogP contribution is 2.59. The molecule has 5 heterocycles. The van der Waals surface area contributed by atoms with Crippen molar-refractivity contribution in [2.75, 3.05) is 31.8 Å². The lowest BCUT2D eigenvalue weighted by atomic mass is 9.83. The molecule has 1 aromatic carbocycles. The predicted octanol–water partition coefficient (Wildman–Crippen LogP) is 5.43. The van der Waals surface area contributed by atoms with Gasteiger partial charge < -0.3 is 24.3 Å². The van der Waals surface area contributed by atoms with E-state index < -0.39 is 52.9 Å². The lowest BCUT2D eigenvalue weighted by Crippen LogP contribution is -2.54. The van der Waals surface area contributed by atoms with Crippen molar-refractivity contribution in [3.8, 4) is 0 Å². The molecule has 4 aliphatic rings. The highest BCUT2D eigenvalue weighted by molar-refractivity contribution is 5.90. The molecule has 250 valence electrons. The largest absolute Gasteiger partial charge is 0.437 e. The van der Waals surface area contributed by atoms with Crippen LogP contribution in [0.2, 0.25) is 0 Å². The van der Waals surface area contributed by atoms with Crippen LogP contribution in [0.15, 0.2) is 36.5 Å². The second kappa shape index (κ2) is 11.4. The standard InChI is InChI=1S/C31H32F5N7O4/c1-46-17-43-24-20(5-3-13-37-24)30(47-28(43)45)11-14-41(15-12-30)27(44)38-22-8-7-18(19-4-2-6-21(32)23(19)33)16-42-25(22)39-40-26(42)29(9-10-29)31(34,35)36/h2-6,13,18,22H,7-12,14-17H2,1H3,(H,38,44)/t18-,22-/m1/s1. The van der Waals surface area contributed by atoms with Crippen molar-refractivity contribution in [2.24, 2.45) is 0 Å². The number of urea groups is 1. The summed E-state index contributed by atoms with van der Waals surface area (Å²) in [4.78, 5) is 33.8. The first-order valence-corrected chi connectivity index (χ1v) is 15.4. The zero-order chi connectivity index (χ0) is 33.1. The van der Waals surface area contributed by atoms with Gasteiger partial charge in [0.15, 0.2) is 17.5 Å². The van der Waals surface area contributed by atoms with Gasteiger partial charge >= 0.3 is 18.3 Å². The number of halogens is 5. The van der Waals surface area contributed by atoms with Gasteiger partial charge in [-0.05, 0) is 49.4 Å². The Kier molecular flexibility index (Phi) is 7.60. The molecule has 1 spiro atoms. The molecule has 16 heteroatoms. The molecular weight excluding hydrogens is 629 g/mol. The van der Waals surface area contributed by atoms with E-state index in [1.807, 2.05) is 6.07 Å². The van der Waals surface area contributed by atoms with E-state index in [0.29, 0.717) is 11.4 Å². The SMILES string of the molecule is COCN1C(=O)OC2(CCN(C(=O)N[C@@H]3CC[C@@H](c4cccc(F)c4F)Cn4c3nnc4C3(C(F)(F)F)CC3)CC2)c2cccnc21. The lowest BCUT2D eigenvalue weighted by Gasteiger charge is -2.45. The first-order chi connectivity index (χ1) is 22.5. The molecule has 0 bridgehead atoms. The minimum atomic E-state index is -4.58. The van der Waals surface area contributed by atoms with Crippen molar-refractivity contribution in [3.05, 3.63) is 70.9 Å². The first kappa shape index (κ1) is 31.3. The summed E-state index contributed by atoms with van der Waals surface area (Å²) in [6, 6.07) is 6.02. The quantitative estimate of drug-likeness (QED) is 0.363. The maximum absolute atomic E-state index is 14.9. The molecule has 2 aromatic heterocycles. The van der Waals surface area contributed by atoms with Gasteiger partial charge in [-0.1, -0.05) is 12.1 Å². The third-order valence-electron chi connectivity index (χ3n) is 9.89. The van der Waals surface area contributed by atoms with Crippen LogP contribution >= 0.6 is 0 Å². The number of benzene rings is 1. The number of methoxy groups -OCH3 is 1. The maximum atomic E-state index is 14.9. The Morgan fingerprint density at radius 1 is 1.09 bits per heavy atom. The van der Waals surface area contributed by atoms with E-state index in [9.17, 15) is 31.5 Å². The van der Waals surface area contributed by atoms with Crippen molar-refractivity contribution >= 4 is 17.9 Å². The molecule has 1 aliphatic carbocycles. The number of ether oxygens (including phenoxy) is 2. The van der Waals surface area contributed by atoms with Gasteiger partial charge in [0.05, 0.1) is 6.04 Å². The maximum Gasteiger partial charge on any atom is 0.418 e. The van der Waals surface area contributed by atoms with Crippen molar-refractivity contribution in [1.82, 2.24) is 30.0 Å².